The van der Waals surface area contributed by atoms with Gasteiger partial charge in [-0.25, -0.2) is 14.8 Å². The predicted octanol–water partition coefficient (Wildman–Crippen LogP) is 1.34. The molecule has 4 heteroatoms. The van der Waals surface area contributed by atoms with E-state index >= 15 is 0 Å². The molecule has 0 radical (unpaired) electrons. The minimum absolute atomic E-state index is 0.132. The maximum Gasteiger partial charge on any atom is 0.425 e. The number of nitrogens with zero attached hydrogens (tertiary/aromatic N) is 2. The van der Waals surface area contributed by atoms with Gasteiger partial charge in [-0.15, -0.1) is 12.8 Å². The maximum absolute atomic E-state index is 11.8. The second-order valence-corrected chi connectivity index (χ2v) is 4.26. The maximum atomic E-state index is 11.8. The van der Waals surface area contributed by atoms with E-state index in [9.17, 15) is 4.79 Å². The Morgan fingerprint density at radius 2 is 1.75 bits per heavy atom. The van der Waals surface area contributed by atoms with E-state index in [2.05, 4.69) is 11.8 Å². The van der Waals surface area contributed by atoms with Crippen molar-refractivity contribution in [2.75, 3.05) is 20.1 Å². The highest BCUT2D eigenvalue weighted by Crippen LogP contribution is 2.10. The van der Waals surface area contributed by atoms with Crippen molar-refractivity contribution in [3.63, 3.8) is 0 Å². The van der Waals surface area contributed by atoms with E-state index in [1.807, 2.05) is 0 Å². The summed E-state index contributed by atoms with van der Waals surface area (Å²) in [7, 11) is 1.68. The highest BCUT2D eigenvalue weighted by atomic mass is 16.6. The van der Waals surface area contributed by atoms with Gasteiger partial charge in [0.15, 0.2) is 0 Å². The Bertz CT molecular complexity index is 317. The van der Waals surface area contributed by atoms with Gasteiger partial charge in [0.1, 0.15) is 12.1 Å². The molecule has 4 nitrogen and oxygen atoms in total. The van der Waals surface area contributed by atoms with Crippen molar-refractivity contribution < 1.29 is 9.53 Å². The van der Waals surface area contributed by atoms with Crippen LogP contribution in [0.1, 0.15) is 20.8 Å². The molecular weight excluding hydrogens is 204 g/mol. The van der Waals surface area contributed by atoms with Gasteiger partial charge in [-0.1, -0.05) is 11.8 Å². The van der Waals surface area contributed by atoms with Crippen molar-refractivity contribution >= 4 is 6.09 Å². The van der Waals surface area contributed by atoms with Crippen LogP contribution >= 0.6 is 0 Å². The number of hydrogen-bond acceptors (Lipinski definition) is 3. The SMILES string of the molecule is C#CCN(C)N(CC#C)C(=O)OC(C)(C)C. The first-order valence-electron chi connectivity index (χ1n) is 4.90. The smallest absolute Gasteiger partial charge is 0.425 e. The zero-order chi connectivity index (χ0) is 12.8. The van der Waals surface area contributed by atoms with Crippen molar-refractivity contribution in [3.8, 4) is 24.7 Å². The van der Waals surface area contributed by atoms with Gasteiger partial charge < -0.3 is 4.74 Å². The summed E-state index contributed by atoms with van der Waals surface area (Å²) in [5.41, 5.74) is -0.555. The van der Waals surface area contributed by atoms with Crippen LogP contribution < -0.4 is 0 Å². The number of carbonyl (C=O) groups excluding carboxylic acids is 1. The molecule has 0 N–H and O–H groups in total. The number of hydrazine groups is 1. The van der Waals surface area contributed by atoms with Crippen LogP contribution in [0.3, 0.4) is 0 Å². The highest BCUT2D eigenvalue weighted by Gasteiger charge is 2.23. The summed E-state index contributed by atoms with van der Waals surface area (Å²) in [4.78, 5) is 11.8. The molecule has 0 aliphatic carbocycles. The van der Waals surface area contributed by atoms with Crippen LogP contribution in [-0.2, 0) is 4.74 Å². The zero-order valence-corrected chi connectivity index (χ0v) is 10.3. The van der Waals surface area contributed by atoms with Gasteiger partial charge in [-0.3, -0.25) is 0 Å². The molecule has 0 atom stereocenters. The second kappa shape index (κ2) is 6.05. The molecule has 0 aromatic rings. The van der Waals surface area contributed by atoms with Crippen LogP contribution in [0.2, 0.25) is 0 Å². The third-order valence-corrected chi connectivity index (χ3v) is 1.58. The Kier molecular flexibility index (Phi) is 5.42. The van der Waals surface area contributed by atoms with E-state index in [-0.39, 0.29) is 6.54 Å². The fourth-order valence-electron chi connectivity index (χ4n) is 0.943. The fraction of sp³-hybridized carbons (Fsp3) is 0.583. The van der Waals surface area contributed by atoms with Gasteiger partial charge in [0.25, 0.3) is 0 Å². The van der Waals surface area contributed by atoms with Gasteiger partial charge in [0.05, 0.1) is 6.54 Å². The Morgan fingerprint density at radius 1 is 1.25 bits per heavy atom. The minimum Gasteiger partial charge on any atom is -0.443 e. The summed E-state index contributed by atoms with van der Waals surface area (Å²) in [6.07, 6.45) is 9.86. The molecule has 88 valence electrons. The summed E-state index contributed by atoms with van der Waals surface area (Å²) in [6.45, 7) is 5.80. The minimum atomic E-state index is -0.555. The molecule has 0 heterocycles. The molecule has 0 bridgehead atoms. The van der Waals surface area contributed by atoms with E-state index in [0.29, 0.717) is 6.54 Å². The lowest BCUT2D eigenvalue weighted by Gasteiger charge is -2.31. The Hall–Kier alpha value is -1.65. The third-order valence-electron chi connectivity index (χ3n) is 1.58. The summed E-state index contributed by atoms with van der Waals surface area (Å²) < 4.78 is 5.20. The van der Waals surface area contributed by atoms with Crippen molar-refractivity contribution in [2.24, 2.45) is 0 Å². The van der Waals surface area contributed by atoms with Crippen LogP contribution in [0.5, 0.6) is 0 Å². The summed E-state index contributed by atoms with van der Waals surface area (Å²) in [5, 5.41) is 2.85. The molecule has 0 saturated carbocycles. The lowest BCUT2D eigenvalue weighted by Crippen LogP contribution is -2.46. The molecule has 0 aliphatic heterocycles. The van der Waals surface area contributed by atoms with Crippen LogP contribution in [0.15, 0.2) is 0 Å². The van der Waals surface area contributed by atoms with E-state index in [1.165, 1.54) is 5.01 Å². The topological polar surface area (TPSA) is 32.8 Å². The number of terminal acetylenes is 2. The Morgan fingerprint density at radius 3 is 2.12 bits per heavy atom. The van der Waals surface area contributed by atoms with Gasteiger partial charge in [-0.2, -0.15) is 0 Å². The van der Waals surface area contributed by atoms with Crippen LogP contribution in [0, 0.1) is 24.7 Å². The van der Waals surface area contributed by atoms with E-state index in [4.69, 9.17) is 17.6 Å². The van der Waals surface area contributed by atoms with Crippen LogP contribution in [0.25, 0.3) is 0 Å². The quantitative estimate of drug-likeness (QED) is 0.533. The Balaban J connectivity index is 4.61. The number of rotatable bonds is 3. The van der Waals surface area contributed by atoms with Crippen LogP contribution in [-0.4, -0.2) is 41.8 Å². The molecule has 0 spiro atoms. The normalized spacial score (nSPS) is 10.4. The van der Waals surface area contributed by atoms with Crippen molar-refractivity contribution in [2.45, 2.75) is 26.4 Å². The van der Waals surface area contributed by atoms with E-state index in [0.717, 1.165) is 0 Å². The second-order valence-electron chi connectivity index (χ2n) is 4.26. The fourth-order valence-corrected chi connectivity index (χ4v) is 0.943. The van der Waals surface area contributed by atoms with Gasteiger partial charge in [-0.05, 0) is 20.8 Å². The first-order valence-corrected chi connectivity index (χ1v) is 4.90. The van der Waals surface area contributed by atoms with Crippen molar-refractivity contribution in [1.29, 1.82) is 0 Å². The van der Waals surface area contributed by atoms with Gasteiger partial charge >= 0.3 is 6.09 Å². The summed E-state index contributed by atoms with van der Waals surface area (Å²) in [5.74, 6) is 4.82. The van der Waals surface area contributed by atoms with Crippen molar-refractivity contribution in [3.05, 3.63) is 0 Å². The van der Waals surface area contributed by atoms with Crippen molar-refractivity contribution in [1.82, 2.24) is 10.0 Å². The van der Waals surface area contributed by atoms with Gasteiger partial charge in [0.2, 0.25) is 0 Å². The number of carbonyl (C=O) groups is 1. The molecule has 0 aliphatic rings. The highest BCUT2D eigenvalue weighted by molar-refractivity contribution is 5.67. The molecular formula is C12H18N2O2. The first kappa shape index (κ1) is 14.3. The zero-order valence-electron chi connectivity index (χ0n) is 10.3. The molecule has 0 saturated heterocycles. The number of amides is 1. The molecule has 1 amide bonds. The average Bonchev–Trinajstić information content (AvgIpc) is 2.11. The molecule has 0 aromatic carbocycles. The Labute approximate surface area is 97.5 Å². The first-order chi connectivity index (χ1) is 7.31. The number of hydrogen-bond donors (Lipinski definition) is 0. The lowest BCUT2D eigenvalue weighted by molar-refractivity contribution is -0.0271. The monoisotopic (exact) mass is 222 g/mol. The molecule has 0 aromatic heterocycles. The molecule has 0 unspecified atom stereocenters. The summed E-state index contributed by atoms with van der Waals surface area (Å²) in [6, 6.07) is 0. The molecule has 0 fully saturated rings. The number of ether oxygens (including phenoxy) is 1. The van der Waals surface area contributed by atoms with E-state index < -0.39 is 11.7 Å². The predicted molar refractivity (Wildman–Crippen MR) is 63.2 cm³/mol. The molecule has 16 heavy (non-hydrogen) atoms. The summed E-state index contributed by atoms with van der Waals surface area (Å²) >= 11 is 0. The van der Waals surface area contributed by atoms with Crippen LogP contribution in [0.4, 0.5) is 4.79 Å². The van der Waals surface area contributed by atoms with E-state index in [1.54, 1.807) is 32.8 Å². The standard InChI is InChI=1S/C12H18N2O2/c1-7-9-13(6)14(10-8-2)11(15)16-12(3,4)5/h1-2H,9-10H2,3-6H3. The molecule has 0 rings (SSSR count). The average molecular weight is 222 g/mol. The lowest BCUT2D eigenvalue weighted by atomic mass is 10.2. The van der Waals surface area contributed by atoms with Gasteiger partial charge in [0, 0.05) is 7.05 Å². The largest absolute Gasteiger partial charge is 0.443 e. The third kappa shape index (κ3) is 5.29.